The molecule has 1 rings (SSSR count). The van der Waals surface area contributed by atoms with Crippen molar-refractivity contribution < 1.29 is 0 Å². The van der Waals surface area contributed by atoms with Crippen molar-refractivity contribution in [1.29, 1.82) is 0 Å². The Bertz CT molecular complexity index is 202. The van der Waals surface area contributed by atoms with Gasteiger partial charge < -0.3 is 5.73 Å². The van der Waals surface area contributed by atoms with Gasteiger partial charge in [-0.3, -0.25) is 0 Å². The molecule has 0 radical (unpaired) electrons. The van der Waals surface area contributed by atoms with Gasteiger partial charge in [0, 0.05) is 0 Å². The molecule has 0 aromatic rings. The van der Waals surface area contributed by atoms with Gasteiger partial charge in [-0.25, -0.2) is 0 Å². The van der Waals surface area contributed by atoms with Gasteiger partial charge in [-0.2, -0.15) is 0 Å². The van der Waals surface area contributed by atoms with Crippen LogP contribution in [0.4, 0.5) is 0 Å². The molecule has 0 spiro atoms. The van der Waals surface area contributed by atoms with Crippen LogP contribution in [0.3, 0.4) is 0 Å². The van der Waals surface area contributed by atoms with Gasteiger partial charge in [0.25, 0.3) is 0 Å². The van der Waals surface area contributed by atoms with Crippen LogP contribution < -0.4 is 5.73 Å². The Kier molecular flexibility index (Phi) is 9.59. The summed E-state index contributed by atoms with van der Waals surface area (Å²) in [5, 5.41) is 0. The SMILES string of the molecule is CCCCCCCCC1CC(CCC)CCC1CN. The standard InChI is InChI=1S/C18H37N/c1-3-5-6-7-8-9-11-17-14-16(10-4-2)12-13-18(17)15-19/h16-18H,3-15,19H2,1-2H3. The van der Waals surface area contributed by atoms with Gasteiger partial charge in [0.1, 0.15) is 0 Å². The molecule has 3 atom stereocenters. The van der Waals surface area contributed by atoms with E-state index in [0.29, 0.717) is 0 Å². The van der Waals surface area contributed by atoms with E-state index in [9.17, 15) is 0 Å². The van der Waals surface area contributed by atoms with Crippen LogP contribution in [0.15, 0.2) is 0 Å². The summed E-state index contributed by atoms with van der Waals surface area (Å²) < 4.78 is 0. The topological polar surface area (TPSA) is 26.0 Å². The van der Waals surface area contributed by atoms with E-state index in [4.69, 9.17) is 5.73 Å². The van der Waals surface area contributed by atoms with Crippen molar-refractivity contribution in [3.8, 4) is 0 Å². The molecular formula is C18H37N. The van der Waals surface area contributed by atoms with E-state index in [0.717, 1.165) is 24.3 Å². The quantitative estimate of drug-likeness (QED) is 0.518. The minimum Gasteiger partial charge on any atom is -0.330 e. The predicted molar refractivity (Wildman–Crippen MR) is 86.3 cm³/mol. The summed E-state index contributed by atoms with van der Waals surface area (Å²) in [6.45, 7) is 5.55. The third kappa shape index (κ3) is 6.79. The Morgan fingerprint density at radius 1 is 0.789 bits per heavy atom. The van der Waals surface area contributed by atoms with Gasteiger partial charge in [0.15, 0.2) is 0 Å². The third-order valence-corrected chi connectivity index (χ3v) is 5.18. The van der Waals surface area contributed by atoms with Gasteiger partial charge in [-0.15, -0.1) is 0 Å². The summed E-state index contributed by atoms with van der Waals surface area (Å²) in [5.74, 6) is 2.79. The highest BCUT2D eigenvalue weighted by Crippen LogP contribution is 2.38. The van der Waals surface area contributed by atoms with E-state index in [1.165, 1.54) is 77.0 Å². The second kappa shape index (κ2) is 10.7. The Morgan fingerprint density at radius 3 is 2.21 bits per heavy atom. The van der Waals surface area contributed by atoms with E-state index in [-0.39, 0.29) is 0 Å². The monoisotopic (exact) mass is 267 g/mol. The lowest BCUT2D eigenvalue weighted by Crippen LogP contribution is -2.30. The van der Waals surface area contributed by atoms with Crippen LogP contribution in [0.1, 0.15) is 90.9 Å². The third-order valence-electron chi connectivity index (χ3n) is 5.18. The molecule has 19 heavy (non-hydrogen) atoms. The lowest BCUT2D eigenvalue weighted by Gasteiger charge is -2.36. The maximum absolute atomic E-state index is 5.98. The van der Waals surface area contributed by atoms with Crippen molar-refractivity contribution in [2.45, 2.75) is 90.9 Å². The van der Waals surface area contributed by atoms with Crippen molar-refractivity contribution in [3.63, 3.8) is 0 Å². The molecule has 0 aromatic heterocycles. The molecule has 0 heterocycles. The zero-order chi connectivity index (χ0) is 13.9. The molecule has 2 N–H and O–H groups in total. The van der Waals surface area contributed by atoms with Gasteiger partial charge in [-0.05, 0) is 37.1 Å². The van der Waals surface area contributed by atoms with Crippen LogP contribution >= 0.6 is 0 Å². The fourth-order valence-corrected chi connectivity index (χ4v) is 3.95. The van der Waals surface area contributed by atoms with Gasteiger partial charge >= 0.3 is 0 Å². The van der Waals surface area contributed by atoms with Crippen LogP contribution in [0, 0.1) is 17.8 Å². The van der Waals surface area contributed by atoms with Crippen LogP contribution in [0.2, 0.25) is 0 Å². The van der Waals surface area contributed by atoms with E-state index >= 15 is 0 Å². The molecule has 0 bridgehead atoms. The van der Waals surface area contributed by atoms with Gasteiger partial charge in [0.05, 0.1) is 0 Å². The molecule has 1 aliphatic carbocycles. The van der Waals surface area contributed by atoms with E-state index < -0.39 is 0 Å². The van der Waals surface area contributed by atoms with Crippen molar-refractivity contribution in [2.75, 3.05) is 6.54 Å². The van der Waals surface area contributed by atoms with Crippen LogP contribution in [-0.2, 0) is 0 Å². The number of rotatable bonds is 10. The molecule has 1 heteroatoms. The number of nitrogens with two attached hydrogens (primary N) is 1. The molecule has 1 nitrogen and oxygen atoms in total. The Balaban J connectivity index is 2.19. The lowest BCUT2D eigenvalue weighted by atomic mass is 9.71. The average Bonchev–Trinajstić information content (AvgIpc) is 2.43. The maximum atomic E-state index is 5.98. The van der Waals surface area contributed by atoms with Crippen molar-refractivity contribution >= 4 is 0 Å². The average molecular weight is 268 g/mol. The largest absolute Gasteiger partial charge is 0.330 e. The molecule has 0 amide bonds. The van der Waals surface area contributed by atoms with Gasteiger partial charge in [-0.1, -0.05) is 78.1 Å². The first-order valence-corrected chi connectivity index (χ1v) is 9.01. The second-order valence-corrected chi connectivity index (χ2v) is 6.78. The fraction of sp³-hybridized carbons (Fsp3) is 1.00. The molecule has 0 saturated heterocycles. The van der Waals surface area contributed by atoms with Gasteiger partial charge in [0.2, 0.25) is 0 Å². The van der Waals surface area contributed by atoms with Crippen molar-refractivity contribution in [2.24, 2.45) is 23.5 Å². The fourth-order valence-electron chi connectivity index (χ4n) is 3.95. The van der Waals surface area contributed by atoms with E-state index in [1.807, 2.05) is 0 Å². The van der Waals surface area contributed by atoms with Crippen LogP contribution in [0.25, 0.3) is 0 Å². The maximum Gasteiger partial charge on any atom is -0.00462 e. The summed E-state index contributed by atoms with van der Waals surface area (Å²) in [7, 11) is 0. The second-order valence-electron chi connectivity index (χ2n) is 6.78. The zero-order valence-electron chi connectivity index (χ0n) is 13.5. The Hall–Kier alpha value is -0.0400. The molecule has 1 fully saturated rings. The minimum absolute atomic E-state index is 0.837. The first kappa shape index (κ1) is 17.0. The predicted octanol–water partition coefficient (Wildman–Crippen LogP) is 5.53. The number of hydrogen-bond donors (Lipinski definition) is 1. The molecule has 114 valence electrons. The van der Waals surface area contributed by atoms with Crippen molar-refractivity contribution in [1.82, 2.24) is 0 Å². The number of hydrogen-bond acceptors (Lipinski definition) is 1. The molecule has 1 aliphatic rings. The Morgan fingerprint density at radius 2 is 1.53 bits per heavy atom. The smallest absolute Gasteiger partial charge is 0.00462 e. The summed E-state index contributed by atoms with van der Waals surface area (Å²) in [6.07, 6.45) is 17.2. The zero-order valence-corrected chi connectivity index (χ0v) is 13.5. The highest BCUT2D eigenvalue weighted by atomic mass is 14.6. The van der Waals surface area contributed by atoms with Crippen molar-refractivity contribution in [3.05, 3.63) is 0 Å². The summed E-state index contributed by atoms with van der Waals surface area (Å²) in [4.78, 5) is 0. The summed E-state index contributed by atoms with van der Waals surface area (Å²) in [5.41, 5.74) is 5.98. The molecule has 1 saturated carbocycles. The lowest BCUT2D eigenvalue weighted by molar-refractivity contribution is 0.164. The van der Waals surface area contributed by atoms with E-state index in [2.05, 4.69) is 13.8 Å². The highest BCUT2D eigenvalue weighted by molar-refractivity contribution is 4.80. The number of unbranched alkanes of at least 4 members (excludes halogenated alkanes) is 5. The molecular weight excluding hydrogens is 230 g/mol. The Labute approximate surface area is 121 Å². The molecule has 0 aromatic carbocycles. The minimum atomic E-state index is 0.837. The summed E-state index contributed by atoms with van der Waals surface area (Å²) >= 11 is 0. The normalized spacial score (nSPS) is 27.6. The summed E-state index contributed by atoms with van der Waals surface area (Å²) in [6, 6.07) is 0. The van der Waals surface area contributed by atoms with Crippen LogP contribution in [-0.4, -0.2) is 6.54 Å². The first-order chi connectivity index (χ1) is 9.31. The first-order valence-electron chi connectivity index (χ1n) is 9.01. The molecule has 3 unspecified atom stereocenters. The van der Waals surface area contributed by atoms with Crippen LogP contribution in [0.5, 0.6) is 0 Å². The van der Waals surface area contributed by atoms with E-state index in [1.54, 1.807) is 0 Å². The highest BCUT2D eigenvalue weighted by Gasteiger charge is 2.28. The molecule has 0 aliphatic heterocycles.